The summed E-state index contributed by atoms with van der Waals surface area (Å²) in [6.45, 7) is 2.47. The molecule has 1 aromatic rings. The summed E-state index contributed by atoms with van der Waals surface area (Å²) in [5, 5.41) is 11.0. The van der Waals surface area contributed by atoms with Crippen LogP contribution in [0, 0.1) is 17.3 Å². The molecular formula is C34H38N2O5S. The number of benzene rings is 1. The molecule has 1 spiro atoms. The number of carbonyl (C=O) groups excluding carboxylic acids is 2. The highest BCUT2D eigenvalue weighted by Crippen LogP contribution is 2.67. The van der Waals surface area contributed by atoms with E-state index >= 15 is 0 Å². The van der Waals surface area contributed by atoms with Crippen molar-refractivity contribution in [2.24, 2.45) is 17.3 Å². The van der Waals surface area contributed by atoms with E-state index in [0.29, 0.717) is 25.7 Å². The van der Waals surface area contributed by atoms with Crippen LogP contribution >= 0.6 is 11.8 Å². The Morgan fingerprint density at radius 2 is 1.90 bits per heavy atom. The Labute approximate surface area is 251 Å². The molecule has 42 heavy (non-hydrogen) atoms. The van der Waals surface area contributed by atoms with Crippen molar-refractivity contribution < 1.29 is 24.2 Å². The topological polar surface area (TPSA) is 79.3 Å². The summed E-state index contributed by atoms with van der Waals surface area (Å²) in [4.78, 5) is 32.7. The van der Waals surface area contributed by atoms with Crippen molar-refractivity contribution in [2.45, 2.75) is 67.7 Å². The fraction of sp³-hybridized carbons (Fsp3) is 0.529. The number of allylic oxidation sites excluding steroid dienone is 4. The van der Waals surface area contributed by atoms with Crippen molar-refractivity contribution in [2.75, 3.05) is 32.2 Å². The zero-order valence-corrected chi connectivity index (χ0v) is 24.6. The predicted octanol–water partition coefficient (Wildman–Crippen LogP) is 5.12. The fourth-order valence-electron chi connectivity index (χ4n) is 8.27. The molecule has 8 rings (SSSR count). The molecular weight excluding hydrogens is 548 g/mol. The van der Waals surface area contributed by atoms with Crippen molar-refractivity contribution >= 4 is 23.5 Å². The number of amides is 1. The lowest BCUT2D eigenvalue weighted by atomic mass is 9.82. The molecule has 4 aliphatic carbocycles. The van der Waals surface area contributed by atoms with Gasteiger partial charge in [-0.3, -0.25) is 14.5 Å². The van der Waals surface area contributed by atoms with Gasteiger partial charge in [-0.1, -0.05) is 42.5 Å². The van der Waals surface area contributed by atoms with Gasteiger partial charge in [0.1, 0.15) is 0 Å². The summed E-state index contributed by atoms with van der Waals surface area (Å²) in [6, 6.07) is 8.79. The molecule has 2 saturated heterocycles. The maximum absolute atomic E-state index is 14.3. The number of carbonyl (C=O) groups is 2. The average molecular weight is 587 g/mol. The van der Waals surface area contributed by atoms with Crippen LogP contribution < -0.4 is 0 Å². The molecule has 0 aromatic heterocycles. The first-order valence-corrected chi connectivity index (χ1v) is 16.5. The Kier molecular flexibility index (Phi) is 6.74. The summed E-state index contributed by atoms with van der Waals surface area (Å²) >= 11 is 1.96. The first-order valence-electron chi connectivity index (χ1n) is 15.6. The molecule has 8 heteroatoms. The van der Waals surface area contributed by atoms with Crippen LogP contribution in [0.1, 0.15) is 50.1 Å². The Bertz CT molecular complexity index is 1420. The van der Waals surface area contributed by atoms with Gasteiger partial charge >= 0.3 is 0 Å². The SMILES string of the molecule is O=C1C=CC2CN([C@H]3C4=CC=CC5CC45CSc4ccccc43)CN(C3CCC(OC4CCOC4)CC3)C(=O)C2=C1O. The largest absolute Gasteiger partial charge is 0.504 e. The molecule has 1 amide bonds. The molecule has 220 valence electrons. The number of thioether (sulfide) groups is 1. The van der Waals surface area contributed by atoms with E-state index in [4.69, 9.17) is 9.47 Å². The lowest BCUT2D eigenvalue weighted by Gasteiger charge is -2.42. The third-order valence-corrected chi connectivity index (χ3v) is 12.0. The minimum atomic E-state index is -0.477. The van der Waals surface area contributed by atoms with E-state index in [-0.39, 0.29) is 52.9 Å². The number of aliphatic hydroxyl groups is 1. The number of ketones is 1. The van der Waals surface area contributed by atoms with E-state index in [1.54, 1.807) is 0 Å². The van der Waals surface area contributed by atoms with Crippen LogP contribution in [0.5, 0.6) is 0 Å². The number of ether oxygens (including phenoxy) is 2. The van der Waals surface area contributed by atoms with Gasteiger partial charge in [0.2, 0.25) is 5.78 Å². The summed E-state index contributed by atoms with van der Waals surface area (Å²) in [5.74, 6) is 0.245. The summed E-state index contributed by atoms with van der Waals surface area (Å²) in [7, 11) is 0. The minimum Gasteiger partial charge on any atom is -0.504 e. The summed E-state index contributed by atoms with van der Waals surface area (Å²) in [5.41, 5.74) is 3.16. The second kappa shape index (κ2) is 10.5. The number of aliphatic hydroxyl groups excluding tert-OH is 1. The molecule has 7 aliphatic rings. The Hall–Kier alpha value is -2.65. The van der Waals surface area contributed by atoms with E-state index in [1.165, 1.54) is 28.5 Å². The second-order valence-electron chi connectivity index (χ2n) is 13.0. The Morgan fingerprint density at radius 3 is 2.74 bits per heavy atom. The van der Waals surface area contributed by atoms with E-state index in [2.05, 4.69) is 47.4 Å². The highest BCUT2D eigenvalue weighted by Gasteiger charge is 2.59. The first-order chi connectivity index (χ1) is 20.5. The second-order valence-corrected chi connectivity index (χ2v) is 14.1. The average Bonchev–Trinajstić information content (AvgIpc) is 3.61. The van der Waals surface area contributed by atoms with Gasteiger partial charge in [-0.2, -0.15) is 0 Å². The van der Waals surface area contributed by atoms with Crippen LogP contribution in [0.15, 0.2) is 76.4 Å². The summed E-state index contributed by atoms with van der Waals surface area (Å²) in [6.07, 6.45) is 16.1. The van der Waals surface area contributed by atoms with E-state index in [0.717, 1.165) is 44.5 Å². The predicted molar refractivity (Wildman–Crippen MR) is 160 cm³/mol. The molecule has 3 aliphatic heterocycles. The van der Waals surface area contributed by atoms with Gasteiger partial charge in [-0.15, -0.1) is 11.8 Å². The van der Waals surface area contributed by atoms with Crippen LogP contribution in [0.3, 0.4) is 0 Å². The maximum Gasteiger partial charge on any atom is 0.255 e. The van der Waals surface area contributed by atoms with Crippen LogP contribution in [0.2, 0.25) is 0 Å². The van der Waals surface area contributed by atoms with Crippen LogP contribution in [-0.4, -0.2) is 77.0 Å². The number of nitrogens with zero attached hydrogens (tertiary/aromatic N) is 2. The Morgan fingerprint density at radius 1 is 1.05 bits per heavy atom. The van der Waals surface area contributed by atoms with Crippen LogP contribution in [-0.2, 0) is 19.1 Å². The molecule has 2 saturated carbocycles. The fourth-order valence-corrected chi connectivity index (χ4v) is 9.71. The molecule has 3 heterocycles. The zero-order chi connectivity index (χ0) is 28.4. The number of fused-ring (bicyclic) bond motifs is 2. The smallest absolute Gasteiger partial charge is 0.255 e. The molecule has 0 radical (unpaired) electrons. The molecule has 4 fully saturated rings. The van der Waals surface area contributed by atoms with Crippen LogP contribution in [0.25, 0.3) is 0 Å². The first kappa shape index (κ1) is 26.9. The van der Waals surface area contributed by atoms with Crippen molar-refractivity contribution in [3.05, 3.63) is 77.1 Å². The van der Waals surface area contributed by atoms with Gasteiger partial charge in [0.05, 0.1) is 37.1 Å². The zero-order valence-electron chi connectivity index (χ0n) is 23.8. The lowest BCUT2D eigenvalue weighted by Crippen LogP contribution is -2.49. The normalized spacial score (nSPS) is 37.8. The number of hydrogen-bond acceptors (Lipinski definition) is 7. The van der Waals surface area contributed by atoms with Crippen molar-refractivity contribution in [3.63, 3.8) is 0 Å². The quantitative estimate of drug-likeness (QED) is 0.525. The van der Waals surface area contributed by atoms with Gasteiger partial charge in [-0.05, 0) is 67.7 Å². The molecule has 1 N–H and O–H groups in total. The van der Waals surface area contributed by atoms with Crippen molar-refractivity contribution in [1.29, 1.82) is 0 Å². The van der Waals surface area contributed by atoms with E-state index in [1.807, 2.05) is 22.7 Å². The van der Waals surface area contributed by atoms with Crippen molar-refractivity contribution in [1.82, 2.24) is 9.80 Å². The van der Waals surface area contributed by atoms with Gasteiger partial charge in [0.15, 0.2) is 5.76 Å². The molecule has 1 aromatic carbocycles. The van der Waals surface area contributed by atoms with E-state index in [9.17, 15) is 14.7 Å². The van der Waals surface area contributed by atoms with E-state index < -0.39 is 5.78 Å². The monoisotopic (exact) mass is 586 g/mol. The highest BCUT2D eigenvalue weighted by molar-refractivity contribution is 7.99. The lowest BCUT2D eigenvalue weighted by molar-refractivity contribution is -0.134. The number of hydrogen-bond donors (Lipinski definition) is 1. The highest BCUT2D eigenvalue weighted by atomic mass is 32.2. The molecule has 7 nitrogen and oxygen atoms in total. The van der Waals surface area contributed by atoms with Gasteiger partial charge < -0.3 is 19.5 Å². The Balaban J connectivity index is 1.15. The summed E-state index contributed by atoms with van der Waals surface area (Å²) < 4.78 is 11.8. The third-order valence-electron chi connectivity index (χ3n) is 10.6. The van der Waals surface area contributed by atoms with Gasteiger partial charge in [-0.25, -0.2) is 0 Å². The van der Waals surface area contributed by atoms with Crippen molar-refractivity contribution in [3.8, 4) is 0 Å². The van der Waals surface area contributed by atoms with Crippen LogP contribution in [0.4, 0.5) is 0 Å². The minimum absolute atomic E-state index is 0.0241. The van der Waals surface area contributed by atoms with Gasteiger partial charge in [0, 0.05) is 41.2 Å². The molecule has 4 unspecified atom stereocenters. The standard InChI is InChI=1S/C34H38N2O5S/c37-28-13-8-21-17-35(31-26-5-1-2-7-29(26)42-19-34-16-22(34)4-3-6-27(31)34)20-36(33(39)30(21)32(28)38)23-9-11-24(12-10-23)41-25-14-15-40-18-25/h1-8,13,21-25,31,38H,9-12,14-20H2/t21?,22?,23?,24?,25?,31-,34?/m1/s1. The molecule has 5 atom stereocenters. The van der Waals surface area contributed by atoms with Gasteiger partial charge in [0.25, 0.3) is 5.91 Å². The number of rotatable bonds is 4. The maximum atomic E-state index is 14.3. The third kappa shape index (κ3) is 4.45. The molecule has 0 bridgehead atoms.